The minimum Gasteiger partial charge on any atom is -0.465 e. The molecule has 0 heterocycles. The molecule has 0 aromatic heterocycles. The minimum absolute atomic E-state index is 0.153. The van der Waals surface area contributed by atoms with Gasteiger partial charge in [-0.3, -0.25) is 9.59 Å². The number of halogens is 2. The quantitative estimate of drug-likeness (QED) is 0.615. The van der Waals surface area contributed by atoms with E-state index < -0.39 is 17.6 Å². The van der Waals surface area contributed by atoms with Crippen LogP contribution in [0.3, 0.4) is 0 Å². The number of carbonyl (C=O) groups is 2. The van der Waals surface area contributed by atoms with Crippen molar-refractivity contribution in [1.29, 1.82) is 0 Å². The predicted molar refractivity (Wildman–Crippen MR) is 71.6 cm³/mol. The second-order valence-corrected chi connectivity index (χ2v) is 5.00. The second-order valence-electron chi connectivity index (χ2n) is 5.00. The van der Waals surface area contributed by atoms with Crippen LogP contribution in [0.2, 0.25) is 0 Å². The molecule has 1 amide bonds. The Balaban J connectivity index is 2.12. The van der Waals surface area contributed by atoms with E-state index in [0.717, 1.165) is 6.07 Å². The maximum Gasteiger partial charge on any atom is 0.325 e. The first-order valence-corrected chi connectivity index (χ1v) is 6.88. The summed E-state index contributed by atoms with van der Waals surface area (Å²) in [6, 6.07) is 1.89. The fourth-order valence-corrected chi connectivity index (χ4v) is 2.66. The lowest BCUT2D eigenvalue weighted by Gasteiger charge is -2.32. The average molecular weight is 297 g/mol. The zero-order chi connectivity index (χ0) is 15.4. The van der Waals surface area contributed by atoms with E-state index in [4.69, 9.17) is 4.74 Å². The van der Waals surface area contributed by atoms with Crippen molar-refractivity contribution in [3.63, 3.8) is 0 Å². The summed E-state index contributed by atoms with van der Waals surface area (Å²) in [5.74, 6) is -1.69. The predicted octanol–water partition coefficient (Wildman–Crippen LogP) is 1.84. The van der Waals surface area contributed by atoms with E-state index in [-0.39, 0.29) is 25.6 Å². The van der Waals surface area contributed by atoms with Gasteiger partial charge in [0.05, 0.1) is 6.61 Å². The molecule has 1 aliphatic rings. The number of ether oxygens (including phenoxy) is 1. The maximum atomic E-state index is 13.8. The summed E-state index contributed by atoms with van der Waals surface area (Å²) >= 11 is 0. The van der Waals surface area contributed by atoms with E-state index in [1.54, 1.807) is 6.92 Å². The molecule has 1 aromatic carbocycles. The van der Waals surface area contributed by atoms with Crippen molar-refractivity contribution in [3.05, 3.63) is 34.9 Å². The van der Waals surface area contributed by atoms with Crippen molar-refractivity contribution in [2.45, 2.75) is 32.2 Å². The monoisotopic (exact) mass is 297 g/mol. The first kappa shape index (κ1) is 15.4. The molecule has 1 unspecified atom stereocenters. The number of fused-ring (bicyclic) bond motifs is 1. The number of esters is 1. The van der Waals surface area contributed by atoms with Crippen LogP contribution in [0.1, 0.15) is 24.5 Å². The third-order valence-corrected chi connectivity index (χ3v) is 3.66. The van der Waals surface area contributed by atoms with Crippen molar-refractivity contribution in [2.24, 2.45) is 0 Å². The molecule has 4 nitrogen and oxygen atoms in total. The van der Waals surface area contributed by atoms with Gasteiger partial charge in [-0.05, 0) is 43.4 Å². The summed E-state index contributed by atoms with van der Waals surface area (Å²) in [4.78, 5) is 23.9. The van der Waals surface area contributed by atoms with Crippen LogP contribution in [0.4, 0.5) is 8.78 Å². The highest BCUT2D eigenvalue weighted by atomic mass is 19.1. The molecular weight excluding hydrogens is 280 g/mol. The van der Waals surface area contributed by atoms with Gasteiger partial charge in [-0.25, -0.2) is 8.78 Å². The molecule has 0 bridgehead atoms. The SMILES string of the molecule is CCOC(=O)CN(C=O)C1CCc2cc(F)cc(F)c2C1. The lowest BCUT2D eigenvalue weighted by Crippen LogP contribution is -2.42. The van der Waals surface area contributed by atoms with Gasteiger partial charge in [0.15, 0.2) is 0 Å². The second kappa shape index (κ2) is 6.65. The van der Waals surface area contributed by atoms with Gasteiger partial charge < -0.3 is 9.64 Å². The fourth-order valence-electron chi connectivity index (χ4n) is 2.66. The Hall–Kier alpha value is -1.98. The van der Waals surface area contributed by atoms with Crippen LogP contribution < -0.4 is 0 Å². The van der Waals surface area contributed by atoms with Gasteiger partial charge in [0, 0.05) is 12.1 Å². The number of aryl methyl sites for hydroxylation is 1. The number of hydrogen-bond donors (Lipinski definition) is 0. The Kier molecular flexibility index (Phi) is 4.88. The van der Waals surface area contributed by atoms with E-state index in [9.17, 15) is 18.4 Å². The molecule has 0 saturated heterocycles. The van der Waals surface area contributed by atoms with Crippen molar-refractivity contribution >= 4 is 12.4 Å². The van der Waals surface area contributed by atoms with E-state index in [1.165, 1.54) is 11.0 Å². The molecule has 1 atom stereocenters. The number of benzene rings is 1. The van der Waals surface area contributed by atoms with Crippen LogP contribution in [-0.4, -0.2) is 36.5 Å². The number of nitrogens with zero attached hydrogens (tertiary/aromatic N) is 1. The average Bonchev–Trinajstić information content (AvgIpc) is 2.44. The minimum atomic E-state index is -0.600. The highest BCUT2D eigenvalue weighted by Gasteiger charge is 2.27. The summed E-state index contributed by atoms with van der Waals surface area (Å²) in [5, 5.41) is 0. The molecule has 1 aliphatic carbocycles. The standard InChI is InChI=1S/C15H17F2NO3/c1-2-21-15(20)8-18(9-19)12-4-3-10-5-11(16)6-14(17)13(10)7-12/h5-6,9,12H,2-4,7-8H2,1H3. The van der Waals surface area contributed by atoms with Crippen LogP contribution >= 0.6 is 0 Å². The Morgan fingerprint density at radius 3 is 2.90 bits per heavy atom. The Bertz CT molecular complexity index is 548. The van der Waals surface area contributed by atoms with E-state index in [0.29, 0.717) is 30.4 Å². The summed E-state index contributed by atoms with van der Waals surface area (Å²) in [6.45, 7) is 1.77. The van der Waals surface area contributed by atoms with Crippen LogP contribution in [-0.2, 0) is 27.2 Å². The van der Waals surface area contributed by atoms with Gasteiger partial charge in [-0.15, -0.1) is 0 Å². The molecule has 1 aromatic rings. The zero-order valence-corrected chi connectivity index (χ0v) is 11.8. The third-order valence-electron chi connectivity index (χ3n) is 3.66. The number of carbonyl (C=O) groups excluding carboxylic acids is 2. The first-order valence-electron chi connectivity index (χ1n) is 6.88. The lowest BCUT2D eigenvalue weighted by molar-refractivity contribution is -0.147. The van der Waals surface area contributed by atoms with Crippen LogP contribution in [0, 0.1) is 11.6 Å². The summed E-state index contributed by atoms with van der Waals surface area (Å²) in [6.07, 6.45) is 1.89. The fraction of sp³-hybridized carbons (Fsp3) is 0.467. The van der Waals surface area contributed by atoms with Crippen molar-refractivity contribution < 1.29 is 23.1 Å². The molecule has 0 aliphatic heterocycles. The summed E-state index contributed by atoms with van der Waals surface area (Å²) in [7, 11) is 0. The largest absolute Gasteiger partial charge is 0.465 e. The first-order chi connectivity index (χ1) is 10.0. The van der Waals surface area contributed by atoms with Crippen molar-refractivity contribution in [2.75, 3.05) is 13.2 Å². The smallest absolute Gasteiger partial charge is 0.325 e. The van der Waals surface area contributed by atoms with E-state index in [1.807, 2.05) is 0 Å². The summed E-state index contributed by atoms with van der Waals surface area (Å²) in [5.41, 5.74) is 1.05. The van der Waals surface area contributed by atoms with Crippen LogP contribution in [0.25, 0.3) is 0 Å². The molecule has 114 valence electrons. The number of hydrogen-bond acceptors (Lipinski definition) is 3. The van der Waals surface area contributed by atoms with E-state index in [2.05, 4.69) is 0 Å². The number of rotatable bonds is 5. The van der Waals surface area contributed by atoms with Gasteiger partial charge in [-0.2, -0.15) is 0 Å². The maximum absolute atomic E-state index is 13.8. The topological polar surface area (TPSA) is 46.6 Å². The molecule has 6 heteroatoms. The Labute approximate surface area is 121 Å². The molecule has 0 fully saturated rings. The Morgan fingerprint density at radius 1 is 1.48 bits per heavy atom. The van der Waals surface area contributed by atoms with Crippen LogP contribution in [0.5, 0.6) is 0 Å². The van der Waals surface area contributed by atoms with Gasteiger partial charge in [0.25, 0.3) is 0 Å². The van der Waals surface area contributed by atoms with Gasteiger partial charge in [-0.1, -0.05) is 0 Å². The lowest BCUT2D eigenvalue weighted by atomic mass is 9.87. The Morgan fingerprint density at radius 2 is 2.24 bits per heavy atom. The summed E-state index contributed by atoms with van der Waals surface area (Å²) < 4.78 is 31.8. The molecule has 0 radical (unpaired) electrons. The third kappa shape index (κ3) is 3.56. The van der Waals surface area contributed by atoms with Gasteiger partial charge in [0.2, 0.25) is 6.41 Å². The molecule has 2 rings (SSSR count). The van der Waals surface area contributed by atoms with Crippen molar-refractivity contribution in [3.8, 4) is 0 Å². The van der Waals surface area contributed by atoms with Crippen molar-refractivity contribution in [1.82, 2.24) is 4.90 Å². The highest BCUT2D eigenvalue weighted by Crippen LogP contribution is 2.27. The van der Waals surface area contributed by atoms with Crippen LogP contribution in [0.15, 0.2) is 12.1 Å². The zero-order valence-electron chi connectivity index (χ0n) is 11.8. The molecule has 21 heavy (non-hydrogen) atoms. The molecular formula is C15H17F2NO3. The molecule has 0 N–H and O–H groups in total. The normalized spacial score (nSPS) is 17.0. The number of amides is 1. The van der Waals surface area contributed by atoms with Gasteiger partial charge in [0.1, 0.15) is 18.2 Å². The molecule has 0 saturated carbocycles. The molecule has 0 spiro atoms. The highest BCUT2D eigenvalue weighted by molar-refractivity contribution is 5.74. The van der Waals surface area contributed by atoms with E-state index >= 15 is 0 Å². The van der Waals surface area contributed by atoms with Gasteiger partial charge >= 0.3 is 5.97 Å².